The molecular formula is C19H23NO2. The van der Waals surface area contributed by atoms with Crippen molar-refractivity contribution >= 4 is 0 Å². The highest BCUT2D eigenvalue weighted by atomic mass is 16.5. The van der Waals surface area contributed by atoms with Crippen LogP contribution in [0.1, 0.15) is 17.0 Å². The Hall–Kier alpha value is -1.84. The third kappa shape index (κ3) is 3.32. The van der Waals surface area contributed by atoms with Gasteiger partial charge in [-0.3, -0.25) is 4.90 Å². The van der Waals surface area contributed by atoms with Gasteiger partial charge in [-0.25, -0.2) is 0 Å². The van der Waals surface area contributed by atoms with E-state index in [0.29, 0.717) is 11.8 Å². The van der Waals surface area contributed by atoms with Crippen molar-refractivity contribution < 1.29 is 9.84 Å². The molecule has 0 saturated carbocycles. The minimum absolute atomic E-state index is 0.238. The molecule has 1 saturated heterocycles. The molecule has 116 valence electrons. The molecule has 0 amide bonds. The normalized spacial score (nSPS) is 21.9. The summed E-state index contributed by atoms with van der Waals surface area (Å²) >= 11 is 0. The van der Waals surface area contributed by atoms with Crippen LogP contribution in [0.5, 0.6) is 5.75 Å². The molecule has 1 aliphatic heterocycles. The quantitative estimate of drug-likeness (QED) is 0.921. The molecule has 3 heteroatoms. The van der Waals surface area contributed by atoms with Gasteiger partial charge >= 0.3 is 0 Å². The second-order valence-corrected chi connectivity index (χ2v) is 6.00. The van der Waals surface area contributed by atoms with Gasteiger partial charge in [-0.2, -0.15) is 0 Å². The molecule has 0 spiro atoms. The molecule has 1 N–H and O–H groups in total. The van der Waals surface area contributed by atoms with Crippen LogP contribution in [0.15, 0.2) is 54.6 Å². The van der Waals surface area contributed by atoms with Crippen LogP contribution >= 0.6 is 0 Å². The Labute approximate surface area is 132 Å². The Balaban J connectivity index is 1.71. The van der Waals surface area contributed by atoms with E-state index in [1.807, 2.05) is 18.2 Å². The molecule has 1 fully saturated rings. The highest BCUT2D eigenvalue weighted by Gasteiger charge is 2.33. The van der Waals surface area contributed by atoms with Crippen molar-refractivity contribution in [1.82, 2.24) is 4.90 Å². The van der Waals surface area contributed by atoms with Crippen molar-refractivity contribution in [2.75, 3.05) is 26.8 Å². The van der Waals surface area contributed by atoms with E-state index in [2.05, 4.69) is 41.3 Å². The number of aliphatic hydroxyl groups excluding tert-OH is 1. The van der Waals surface area contributed by atoms with Gasteiger partial charge in [-0.05, 0) is 23.3 Å². The fourth-order valence-corrected chi connectivity index (χ4v) is 3.35. The van der Waals surface area contributed by atoms with Crippen LogP contribution < -0.4 is 4.74 Å². The minimum atomic E-state index is 0.238. The molecule has 3 rings (SSSR count). The van der Waals surface area contributed by atoms with Crippen molar-refractivity contribution in [3.8, 4) is 5.75 Å². The largest absolute Gasteiger partial charge is 0.497 e. The highest BCUT2D eigenvalue weighted by molar-refractivity contribution is 5.31. The zero-order valence-electron chi connectivity index (χ0n) is 13.0. The maximum Gasteiger partial charge on any atom is 0.118 e. The summed E-state index contributed by atoms with van der Waals surface area (Å²) in [5.41, 5.74) is 2.62. The first-order valence-corrected chi connectivity index (χ1v) is 7.81. The smallest absolute Gasteiger partial charge is 0.118 e. The van der Waals surface area contributed by atoms with E-state index in [9.17, 15) is 5.11 Å². The first-order valence-electron chi connectivity index (χ1n) is 7.81. The molecule has 1 heterocycles. The minimum Gasteiger partial charge on any atom is -0.497 e. The van der Waals surface area contributed by atoms with Crippen LogP contribution in [0.2, 0.25) is 0 Å². The van der Waals surface area contributed by atoms with E-state index in [1.54, 1.807) is 7.11 Å². The standard InChI is InChI=1S/C19H23NO2/c1-22-18-9-7-16(8-10-18)19-13-20(12-17(19)14-21)11-15-5-3-2-4-6-15/h2-10,17,19,21H,11-14H2,1H3/t17-,19-/m0/s1. The van der Waals surface area contributed by atoms with E-state index in [-0.39, 0.29) is 6.61 Å². The van der Waals surface area contributed by atoms with Gasteiger partial charge in [0.1, 0.15) is 5.75 Å². The van der Waals surface area contributed by atoms with E-state index in [4.69, 9.17) is 4.74 Å². The average Bonchev–Trinajstić information content (AvgIpc) is 2.99. The molecule has 2 atom stereocenters. The first kappa shape index (κ1) is 15.1. The number of hydrogen-bond donors (Lipinski definition) is 1. The van der Waals surface area contributed by atoms with Crippen molar-refractivity contribution in [1.29, 1.82) is 0 Å². The number of likely N-dealkylation sites (tertiary alicyclic amines) is 1. The lowest BCUT2D eigenvalue weighted by Gasteiger charge is -2.17. The monoisotopic (exact) mass is 297 g/mol. The second kappa shape index (κ2) is 6.95. The lowest BCUT2D eigenvalue weighted by atomic mass is 9.89. The van der Waals surface area contributed by atoms with E-state index in [0.717, 1.165) is 25.4 Å². The van der Waals surface area contributed by atoms with Crippen LogP contribution in [0.25, 0.3) is 0 Å². The predicted molar refractivity (Wildman–Crippen MR) is 88.0 cm³/mol. The summed E-state index contributed by atoms with van der Waals surface area (Å²) in [5.74, 6) is 1.57. The van der Waals surface area contributed by atoms with E-state index in [1.165, 1.54) is 11.1 Å². The van der Waals surface area contributed by atoms with Gasteiger partial charge < -0.3 is 9.84 Å². The average molecular weight is 297 g/mol. The SMILES string of the molecule is COc1ccc([C@@H]2CN(Cc3ccccc3)C[C@H]2CO)cc1. The van der Waals surface area contributed by atoms with Gasteiger partial charge in [0, 0.05) is 38.1 Å². The zero-order chi connectivity index (χ0) is 15.4. The summed E-state index contributed by atoms with van der Waals surface area (Å²) in [5, 5.41) is 9.73. The third-order valence-electron chi connectivity index (χ3n) is 4.54. The summed E-state index contributed by atoms with van der Waals surface area (Å²) in [4.78, 5) is 2.44. The predicted octanol–water partition coefficient (Wildman–Crippen LogP) is 2.90. The van der Waals surface area contributed by atoms with Crippen LogP contribution in [0.4, 0.5) is 0 Å². The van der Waals surface area contributed by atoms with Crippen molar-refractivity contribution in [2.24, 2.45) is 5.92 Å². The summed E-state index contributed by atoms with van der Waals surface area (Å²) in [6.45, 7) is 3.13. The Morgan fingerprint density at radius 2 is 1.77 bits per heavy atom. The van der Waals surface area contributed by atoms with Gasteiger partial charge in [0.05, 0.1) is 7.11 Å². The molecule has 2 aromatic carbocycles. The molecule has 3 nitrogen and oxygen atoms in total. The summed E-state index contributed by atoms with van der Waals surface area (Å²) < 4.78 is 5.23. The maximum atomic E-state index is 9.73. The fraction of sp³-hybridized carbons (Fsp3) is 0.368. The zero-order valence-corrected chi connectivity index (χ0v) is 13.0. The van der Waals surface area contributed by atoms with Crippen molar-refractivity contribution in [3.05, 3.63) is 65.7 Å². The van der Waals surface area contributed by atoms with Crippen molar-refractivity contribution in [3.63, 3.8) is 0 Å². The summed E-state index contributed by atoms with van der Waals surface area (Å²) in [6.07, 6.45) is 0. The molecule has 0 aliphatic carbocycles. The van der Waals surface area contributed by atoms with Gasteiger partial charge in [-0.1, -0.05) is 42.5 Å². The number of rotatable bonds is 5. The van der Waals surface area contributed by atoms with Crippen LogP contribution in [-0.2, 0) is 6.54 Å². The molecule has 22 heavy (non-hydrogen) atoms. The molecule has 0 bridgehead atoms. The molecule has 0 unspecified atom stereocenters. The Bertz CT molecular complexity index is 582. The molecule has 1 aliphatic rings. The van der Waals surface area contributed by atoms with Gasteiger partial charge in [-0.15, -0.1) is 0 Å². The number of nitrogens with zero attached hydrogens (tertiary/aromatic N) is 1. The second-order valence-electron chi connectivity index (χ2n) is 6.00. The third-order valence-corrected chi connectivity index (χ3v) is 4.54. The highest BCUT2D eigenvalue weighted by Crippen LogP contribution is 2.33. The van der Waals surface area contributed by atoms with Gasteiger partial charge in [0.2, 0.25) is 0 Å². The number of aliphatic hydroxyl groups is 1. The van der Waals surface area contributed by atoms with Crippen LogP contribution in [0, 0.1) is 5.92 Å². The summed E-state index contributed by atoms with van der Waals surface area (Å²) in [6, 6.07) is 18.8. The van der Waals surface area contributed by atoms with Crippen LogP contribution in [0.3, 0.4) is 0 Å². The number of methoxy groups -OCH3 is 1. The lowest BCUT2D eigenvalue weighted by molar-refractivity contribution is 0.214. The maximum absolute atomic E-state index is 9.73. The first-order chi connectivity index (χ1) is 10.8. The van der Waals surface area contributed by atoms with Crippen molar-refractivity contribution in [2.45, 2.75) is 12.5 Å². The Morgan fingerprint density at radius 1 is 1.05 bits per heavy atom. The lowest BCUT2D eigenvalue weighted by Crippen LogP contribution is -2.20. The fourth-order valence-electron chi connectivity index (χ4n) is 3.35. The Morgan fingerprint density at radius 3 is 2.41 bits per heavy atom. The molecule has 0 radical (unpaired) electrons. The number of benzene rings is 2. The van der Waals surface area contributed by atoms with Gasteiger partial charge in [0.25, 0.3) is 0 Å². The summed E-state index contributed by atoms with van der Waals surface area (Å²) in [7, 11) is 1.68. The molecule has 0 aromatic heterocycles. The van der Waals surface area contributed by atoms with Gasteiger partial charge in [0.15, 0.2) is 0 Å². The van der Waals surface area contributed by atoms with E-state index >= 15 is 0 Å². The molecule has 2 aromatic rings. The Kier molecular flexibility index (Phi) is 4.76. The van der Waals surface area contributed by atoms with E-state index < -0.39 is 0 Å². The molecular weight excluding hydrogens is 274 g/mol. The number of hydrogen-bond acceptors (Lipinski definition) is 3. The topological polar surface area (TPSA) is 32.7 Å². The van der Waals surface area contributed by atoms with Crippen LogP contribution in [-0.4, -0.2) is 36.8 Å². The number of ether oxygens (including phenoxy) is 1.